The molecule has 0 aliphatic carbocycles. The van der Waals surface area contributed by atoms with E-state index < -0.39 is 0 Å². The number of nitrogens with zero attached hydrogens (tertiary/aromatic N) is 2. The summed E-state index contributed by atoms with van der Waals surface area (Å²) in [6.45, 7) is 5.13. The molecule has 0 N–H and O–H groups in total. The Morgan fingerprint density at radius 2 is 1.68 bits per heavy atom. The minimum atomic E-state index is -0.251. The van der Waals surface area contributed by atoms with Gasteiger partial charge in [0.2, 0.25) is 11.8 Å². The molecule has 1 aromatic rings. The Bertz CT molecular complexity index is 526. The molecular formula is C17H24N2O3. The zero-order chi connectivity index (χ0) is 15.9. The van der Waals surface area contributed by atoms with E-state index >= 15 is 0 Å². The third-order valence-corrected chi connectivity index (χ3v) is 3.52. The first-order chi connectivity index (χ1) is 10.7. The van der Waals surface area contributed by atoms with Gasteiger partial charge in [-0.1, -0.05) is 44.2 Å². The number of hydrogen-bond acceptors (Lipinski definition) is 5. The maximum absolute atomic E-state index is 5.76. The van der Waals surface area contributed by atoms with Crippen molar-refractivity contribution in [1.29, 1.82) is 0 Å². The van der Waals surface area contributed by atoms with Crippen molar-refractivity contribution in [2.24, 2.45) is 15.9 Å². The van der Waals surface area contributed by atoms with Gasteiger partial charge in [0.05, 0.1) is 27.4 Å². The summed E-state index contributed by atoms with van der Waals surface area (Å²) in [5.74, 6) is 1.55. The first kappa shape index (κ1) is 16.5. The van der Waals surface area contributed by atoms with E-state index in [4.69, 9.17) is 14.2 Å². The number of hydrogen-bond donors (Lipinski definition) is 0. The van der Waals surface area contributed by atoms with E-state index in [1.165, 1.54) is 0 Å². The van der Waals surface area contributed by atoms with E-state index in [0.717, 1.165) is 5.56 Å². The summed E-state index contributed by atoms with van der Waals surface area (Å²) in [6, 6.07) is 9.70. The fourth-order valence-corrected chi connectivity index (χ4v) is 2.33. The normalized spacial score (nSPS) is 21.3. The van der Waals surface area contributed by atoms with Crippen molar-refractivity contribution in [2.45, 2.75) is 32.5 Å². The molecule has 5 heteroatoms. The first-order valence-electron chi connectivity index (χ1n) is 7.50. The smallest absolute Gasteiger partial charge is 0.211 e. The summed E-state index contributed by atoms with van der Waals surface area (Å²) in [4.78, 5) is 9.22. The van der Waals surface area contributed by atoms with Gasteiger partial charge < -0.3 is 14.2 Å². The molecule has 0 unspecified atom stereocenters. The molecule has 1 heterocycles. The maximum atomic E-state index is 5.76. The molecule has 0 bridgehead atoms. The van der Waals surface area contributed by atoms with Gasteiger partial charge in [-0.25, -0.2) is 9.98 Å². The highest BCUT2D eigenvalue weighted by Gasteiger charge is 2.30. The summed E-state index contributed by atoms with van der Waals surface area (Å²) in [5.41, 5.74) is 1.13. The Kier molecular flexibility index (Phi) is 5.95. The minimum Gasteiger partial charge on any atom is -0.483 e. The lowest BCUT2D eigenvalue weighted by Gasteiger charge is -2.26. The van der Waals surface area contributed by atoms with Crippen molar-refractivity contribution in [3.8, 4) is 0 Å². The zero-order valence-corrected chi connectivity index (χ0v) is 13.7. The van der Waals surface area contributed by atoms with Crippen molar-refractivity contribution in [3.63, 3.8) is 0 Å². The van der Waals surface area contributed by atoms with Gasteiger partial charge in [0, 0.05) is 0 Å². The second-order valence-corrected chi connectivity index (χ2v) is 5.55. The van der Waals surface area contributed by atoms with Crippen molar-refractivity contribution in [2.75, 3.05) is 20.8 Å². The van der Waals surface area contributed by atoms with Crippen molar-refractivity contribution in [1.82, 2.24) is 0 Å². The summed E-state index contributed by atoms with van der Waals surface area (Å²) in [5, 5.41) is 0. The van der Waals surface area contributed by atoms with Gasteiger partial charge in [-0.15, -0.1) is 0 Å². The topological polar surface area (TPSA) is 52.4 Å². The van der Waals surface area contributed by atoms with Gasteiger partial charge in [-0.2, -0.15) is 0 Å². The molecule has 1 aromatic carbocycles. The van der Waals surface area contributed by atoms with Crippen LogP contribution < -0.4 is 0 Å². The van der Waals surface area contributed by atoms with Crippen LogP contribution >= 0.6 is 0 Å². The molecule has 0 radical (unpaired) electrons. The SMILES string of the molecule is COC1=N[C@H](C(C)C)C(OC)=N[C@H]1[13CH2]OCc1ccccc1. The molecular weight excluding hydrogens is 281 g/mol. The Hall–Kier alpha value is -1.88. The Morgan fingerprint density at radius 3 is 2.27 bits per heavy atom. The van der Waals surface area contributed by atoms with Gasteiger partial charge in [0.1, 0.15) is 6.04 Å². The summed E-state index contributed by atoms with van der Waals surface area (Å²) in [6.07, 6.45) is 0. The van der Waals surface area contributed by atoms with Crippen LogP contribution in [0.2, 0.25) is 0 Å². The molecule has 5 nitrogen and oxygen atoms in total. The summed E-state index contributed by atoms with van der Waals surface area (Å²) in [7, 11) is 3.25. The van der Waals surface area contributed by atoms with Crippen LogP contribution in [0.5, 0.6) is 0 Å². The van der Waals surface area contributed by atoms with Crippen LogP contribution in [-0.2, 0) is 20.8 Å². The van der Waals surface area contributed by atoms with E-state index in [1.807, 2.05) is 30.3 Å². The number of methoxy groups -OCH3 is 2. The minimum absolute atomic E-state index is 0.0923. The van der Waals surface area contributed by atoms with Crippen molar-refractivity contribution in [3.05, 3.63) is 35.9 Å². The van der Waals surface area contributed by atoms with E-state index in [1.54, 1.807) is 14.2 Å². The molecule has 2 rings (SSSR count). The standard InChI is InChI=1S/C17H24N2O3/c1-12(2)15-17(21-4)18-14(16(19-15)20-3)11-22-10-13-8-6-5-7-9-13/h5-9,12,14-15H,10-11H2,1-4H3/t14-,15+/m0/s1/i11+1. The Labute approximate surface area is 132 Å². The predicted molar refractivity (Wildman–Crippen MR) is 87.4 cm³/mol. The third-order valence-electron chi connectivity index (χ3n) is 3.52. The van der Waals surface area contributed by atoms with Crippen LogP contribution in [0.3, 0.4) is 0 Å². The van der Waals surface area contributed by atoms with Crippen LogP contribution in [0.1, 0.15) is 19.4 Å². The molecule has 0 amide bonds. The average molecular weight is 305 g/mol. The molecule has 0 saturated carbocycles. The quantitative estimate of drug-likeness (QED) is 0.786. The lowest BCUT2D eigenvalue weighted by molar-refractivity contribution is 0.114. The fourth-order valence-electron chi connectivity index (χ4n) is 2.33. The maximum Gasteiger partial charge on any atom is 0.211 e. The van der Waals surface area contributed by atoms with E-state index in [0.29, 0.717) is 30.9 Å². The van der Waals surface area contributed by atoms with Crippen LogP contribution in [0.25, 0.3) is 0 Å². The van der Waals surface area contributed by atoms with E-state index in [9.17, 15) is 0 Å². The first-order valence-corrected chi connectivity index (χ1v) is 7.50. The molecule has 1 aliphatic heterocycles. The average Bonchev–Trinajstić information content (AvgIpc) is 2.55. The molecule has 1 aliphatic rings. The molecule has 2 atom stereocenters. The largest absolute Gasteiger partial charge is 0.483 e. The summed E-state index contributed by atoms with van der Waals surface area (Å²) >= 11 is 0. The van der Waals surface area contributed by atoms with Crippen molar-refractivity contribution < 1.29 is 14.2 Å². The van der Waals surface area contributed by atoms with Crippen LogP contribution in [0.15, 0.2) is 40.3 Å². The highest BCUT2D eigenvalue weighted by molar-refractivity contribution is 5.94. The molecule has 0 saturated heterocycles. The highest BCUT2D eigenvalue weighted by Crippen LogP contribution is 2.18. The lowest BCUT2D eigenvalue weighted by Crippen LogP contribution is -2.39. The lowest BCUT2D eigenvalue weighted by atomic mass is 10.0. The van der Waals surface area contributed by atoms with Gasteiger partial charge >= 0.3 is 0 Å². The third kappa shape index (κ3) is 4.07. The van der Waals surface area contributed by atoms with Crippen LogP contribution in [0.4, 0.5) is 0 Å². The van der Waals surface area contributed by atoms with Crippen LogP contribution in [0, 0.1) is 5.92 Å². The van der Waals surface area contributed by atoms with Gasteiger partial charge in [0.25, 0.3) is 0 Å². The van der Waals surface area contributed by atoms with Gasteiger partial charge in [-0.3, -0.25) is 0 Å². The second kappa shape index (κ2) is 7.94. The molecule has 0 spiro atoms. The predicted octanol–water partition coefficient (Wildman–Crippen LogP) is 2.70. The highest BCUT2D eigenvalue weighted by atomic mass is 16.5. The molecule has 120 valence electrons. The van der Waals surface area contributed by atoms with Gasteiger partial charge in [-0.05, 0) is 11.5 Å². The van der Waals surface area contributed by atoms with Crippen molar-refractivity contribution >= 4 is 11.8 Å². The zero-order valence-electron chi connectivity index (χ0n) is 13.7. The number of rotatable bonds is 5. The molecule has 22 heavy (non-hydrogen) atoms. The Balaban J connectivity index is 1.99. The number of ether oxygens (including phenoxy) is 3. The second-order valence-electron chi connectivity index (χ2n) is 5.55. The molecule has 0 aromatic heterocycles. The number of benzene rings is 1. The number of aliphatic imine (C=N–C) groups is 2. The fraction of sp³-hybridized carbons (Fsp3) is 0.529. The monoisotopic (exact) mass is 305 g/mol. The van der Waals surface area contributed by atoms with E-state index in [2.05, 4.69) is 23.8 Å². The van der Waals surface area contributed by atoms with Gasteiger partial charge in [0.15, 0.2) is 6.04 Å². The Morgan fingerprint density at radius 1 is 1.00 bits per heavy atom. The van der Waals surface area contributed by atoms with Crippen LogP contribution in [-0.4, -0.2) is 44.7 Å². The summed E-state index contributed by atoms with van der Waals surface area (Å²) < 4.78 is 16.5. The molecule has 0 fully saturated rings. The van der Waals surface area contributed by atoms with E-state index in [-0.39, 0.29) is 12.1 Å².